The molecule has 96 valence electrons. The van der Waals surface area contributed by atoms with E-state index in [1.165, 1.54) is 0 Å². The van der Waals surface area contributed by atoms with E-state index in [1.54, 1.807) is 0 Å². The van der Waals surface area contributed by atoms with Crippen LogP contribution in [0.4, 0.5) is 0 Å². The van der Waals surface area contributed by atoms with Crippen molar-refractivity contribution in [2.75, 3.05) is 52.5 Å². The lowest BCUT2D eigenvalue weighted by Gasteiger charge is -2.26. The molecule has 0 saturated carbocycles. The smallest absolute Gasteiger partial charge is 0.0594 e. The predicted octanol–water partition coefficient (Wildman–Crippen LogP) is 0.723. The summed E-state index contributed by atoms with van der Waals surface area (Å²) in [6, 6.07) is 0. The number of nitrogens with one attached hydrogen (secondary N) is 1. The molecule has 1 heterocycles. The first kappa shape index (κ1) is 13.9. The van der Waals surface area contributed by atoms with Gasteiger partial charge in [0.05, 0.1) is 25.9 Å². The van der Waals surface area contributed by atoms with Crippen molar-refractivity contribution in [1.29, 1.82) is 0 Å². The lowest BCUT2D eigenvalue weighted by molar-refractivity contribution is 0.0373. The average molecular weight is 230 g/mol. The normalized spacial score (nSPS) is 19.9. The highest BCUT2D eigenvalue weighted by Gasteiger charge is 2.08. The van der Waals surface area contributed by atoms with Crippen molar-refractivity contribution in [3.63, 3.8) is 0 Å². The molecule has 0 aromatic heterocycles. The van der Waals surface area contributed by atoms with Gasteiger partial charge in [0.25, 0.3) is 0 Å². The van der Waals surface area contributed by atoms with E-state index in [0.717, 1.165) is 59.0 Å². The van der Waals surface area contributed by atoms with E-state index in [1.807, 2.05) is 0 Å². The van der Waals surface area contributed by atoms with E-state index in [9.17, 15) is 0 Å². The lowest BCUT2D eigenvalue weighted by atomic mass is 10.3. The molecular weight excluding hydrogens is 204 g/mol. The van der Waals surface area contributed by atoms with Crippen molar-refractivity contribution >= 4 is 0 Å². The predicted molar refractivity (Wildman–Crippen MR) is 65.8 cm³/mol. The van der Waals surface area contributed by atoms with Gasteiger partial charge in [-0.15, -0.1) is 0 Å². The maximum atomic E-state index is 5.59. The Hall–Kier alpha value is -0.160. The fourth-order valence-corrected chi connectivity index (χ4v) is 1.64. The van der Waals surface area contributed by atoms with E-state index in [-0.39, 0.29) is 0 Å². The number of rotatable bonds is 8. The molecule has 1 rings (SSSR count). The Balaban J connectivity index is 1.84. The first-order chi connectivity index (χ1) is 7.83. The molecule has 0 aromatic rings. The molecular formula is C12H26N2O2. The summed E-state index contributed by atoms with van der Waals surface area (Å²) in [7, 11) is 0. The standard InChI is InChI=1S/C12H26N2O2/c1-3-12(2)16-9-5-13-4-6-14-7-10-15-11-8-14/h12-13H,3-11H2,1-2H3. The molecule has 1 fully saturated rings. The van der Waals surface area contributed by atoms with E-state index < -0.39 is 0 Å². The molecule has 4 heteroatoms. The monoisotopic (exact) mass is 230 g/mol. The molecule has 1 N–H and O–H groups in total. The summed E-state index contributed by atoms with van der Waals surface area (Å²) in [4.78, 5) is 2.44. The highest BCUT2D eigenvalue weighted by Crippen LogP contribution is 1.95. The zero-order valence-electron chi connectivity index (χ0n) is 10.7. The van der Waals surface area contributed by atoms with E-state index >= 15 is 0 Å². The largest absolute Gasteiger partial charge is 0.379 e. The summed E-state index contributed by atoms with van der Waals surface area (Å²) in [6.07, 6.45) is 1.48. The Kier molecular flexibility index (Phi) is 7.76. The number of hydrogen-bond acceptors (Lipinski definition) is 4. The topological polar surface area (TPSA) is 33.7 Å². The maximum absolute atomic E-state index is 5.59. The summed E-state index contributed by atoms with van der Waals surface area (Å²) in [5, 5.41) is 3.40. The average Bonchev–Trinajstić information content (AvgIpc) is 2.34. The number of morpholine rings is 1. The minimum absolute atomic E-state index is 0.390. The van der Waals surface area contributed by atoms with Crippen LogP contribution in [0.25, 0.3) is 0 Å². The molecule has 0 aromatic carbocycles. The Morgan fingerprint density at radius 2 is 2.06 bits per heavy atom. The third kappa shape index (κ3) is 6.43. The van der Waals surface area contributed by atoms with Gasteiger partial charge in [-0.3, -0.25) is 4.90 Å². The van der Waals surface area contributed by atoms with Crippen LogP contribution in [0.15, 0.2) is 0 Å². The van der Waals surface area contributed by atoms with Gasteiger partial charge in [0, 0.05) is 32.7 Å². The van der Waals surface area contributed by atoms with Crippen LogP contribution in [0.3, 0.4) is 0 Å². The van der Waals surface area contributed by atoms with Crippen LogP contribution in [-0.4, -0.2) is 63.5 Å². The summed E-state index contributed by atoms with van der Waals surface area (Å²) < 4.78 is 10.9. The van der Waals surface area contributed by atoms with Gasteiger partial charge in [-0.1, -0.05) is 6.92 Å². The molecule has 1 unspecified atom stereocenters. The molecule has 0 bridgehead atoms. The van der Waals surface area contributed by atoms with Gasteiger partial charge < -0.3 is 14.8 Å². The van der Waals surface area contributed by atoms with Gasteiger partial charge in [0.1, 0.15) is 0 Å². The van der Waals surface area contributed by atoms with Crippen molar-refractivity contribution in [2.45, 2.75) is 26.4 Å². The van der Waals surface area contributed by atoms with Crippen LogP contribution in [0.5, 0.6) is 0 Å². The van der Waals surface area contributed by atoms with Gasteiger partial charge in [0.2, 0.25) is 0 Å². The zero-order valence-corrected chi connectivity index (χ0v) is 10.7. The second kappa shape index (κ2) is 8.93. The third-order valence-electron chi connectivity index (χ3n) is 2.96. The first-order valence-electron chi connectivity index (χ1n) is 6.45. The summed E-state index contributed by atoms with van der Waals surface area (Å²) in [6.45, 7) is 12.1. The Morgan fingerprint density at radius 1 is 1.31 bits per heavy atom. The van der Waals surface area contributed by atoms with E-state index in [4.69, 9.17) is 9.47 Å². The van der Waals surface area contributed by atoms with Gasteiger partial charge in [-0.2, -0.15) is 0 Å². The highest BCUT2D eigenvalue weighted by molar-refractivity contribution is 4.63. The van der Waals surface area contributed by atoms with Crippen molar-refractivity contribution in [1.82, 2.24) is 10.2 Å². The summed E-state index contributed by atoms with van der Waals surface area (Å²) >= 11 is 0. The summed E-state index contributed by atoms with van der Waals surface area (Å²) in [5.41, 5.74) is 0. The van der Waals surface area contributed by atoms with Crippen LogP contribution >= 0.6 is 0 Å². The molecule has 1 aliphatic heterocycles. The van der Waals surface area contributed by atoms with Crippen molar-refractivity contribution in [3.8, 4) is 0 Å². The van der Waals surface area contributed by atoms with Crippen LogP contribution in [0.2, 0.25) is 0 Å². The fourth-order valence-electron chi connectivity index (χ4n) is 1.64. The van der Waals surface area contributed by atoms with Crippen molar-refractivity contribution in [3.05, 3.63) is 0 Å². The number of nitrogens with zero attached hydrogens (tertiary/aromatic N) is 1. The molecule has 1 atom stereocenters. The van der Waals surface area contributed by atoms with Crippen LogP contribution in [-0.2, 0) is 9.47 Å². The molecule has 0 aliphatic carbocycles. The summed E-state index contributed by atoms with van der Waals surface area (Å²) in [5.74, 6) is 0. The lowest BCUT2D eigenvalue weighted by Crippen LogP contribution is -2.40. The zero-order chi connectivity index (χ0) is 11.6. The van der Waals surface area contributed by atoms with E-state index in [2.05, 4.69) is 24.1 Å². The van der Waals surface area contributed by atoms with Gasteiger partial charge in [-0.05, 0) is 13.3 Å². The van der Waals surface area contributed by atoms with Crippen molar-refractivity contribution < 1.29 is 9.47 Å². The van der Waals surface area contributed by atoms with Crippen LogP contribution in [0.1, 0.15) is 20.3 Å². The van der Waals surface area contributed by atoms with Crippen molar-refractivity contribution in [2.24, 2.45) is 0 Å². The molecule has 0 amide bonds. The van der Waals surface area contributed by atoms with Crippen LogP contribution in [0, 0.1) is 0 Å². The second-order valence-corrected chi connectivity index (χ2v) is 4.29. The minimum Gasteiger partial charge on any atom is -0.379 e. The Morgan fingerprint density at radius 3 is 2.75 bits per heavy atom. The quantitative estimate of drug-likeness (QED) is 0.623. The van der Waals surface area contributed by atoms with Crippen LogP contribution < -0.4 is 5.32 Å². The molecule has 0 radical (unpaired) electrons. The SMILES string of the molecule is CCC(C)OCCNCCN1CCOCC1. The fraction of sp³-hybridized carbons (Fsp3) is 1.00. The molecule has 1 saturated heterocycles. The number of hydrogen-bond donors (Lipinski definition) is 1. The Labute approximate surface area is 99.3 Å². The Bertz CT molecular complexity index is 161. The molecule has 4 nitrogen and oxygen atoms in total. The third-order valence-corrected chi connectivity index (χ3v) is 2.96. The second-order valence-electron chi connectivity index (χ2n) is 4.29. The molecule has 16 heavy (non-hydrogen) atoms. The molecule has 0 spiro atoms. The minimum atomic E-state index is 0.390. The molecule has 1 aliphatic rings. The van der Waals surface area contributed by atoms with E-state index in [0.29, 0.717) is 6.10 Å². The van der Waals surface area contributed by atoms with Gasteiger partial charge in [-0.25, -0.2) is 0 Å². The van der Waals surface area contributed by atoms with Gasteiger partial charge in [0.15, 0.2) is 0 Å². The van der Waals surface area contributed by atoms with Gasteiger partial charge >= 0.3 is 0 Å². The highest BCUT2D eigenvalue weighted by atomic mass is 16.5. The first-order valence-corrected chi connectivity index (χ1v) is 6.45. The maximum Gasteiger partial charge on any atom is 0.0594 e. The number of ether oxygens (including phenoxy) is 2.